The van der Waals surface area contributed by atoms with E-state index in [9.17, 15) is 4.79 Å². The molecule has 3 aromatic heterocycles. The molecule has 6 rings (SSSR count). The Morgan fingerprint density at radius 2 is 1.95 bits per heavy atom. The van der Waals surface area contributed by atoms with Crippen LogP contribution in [0.25, 0.3) is 32.2 Å². The summed E-state index contributed by atoms with van der Waals surface area (Å²) in [6.45, 7) is 6.46. The molecule has 0 unspecified atom stereocenters. The lowest BCUT2D eigenvalue weighted by atomic mass is 10.1. The van der Waals surface area contributed by atoms with E-state index in [0.29, 0.717) is 0 Å². The number of carbonyl (C=O) groups excluding carboxylic acids is 1. The molecule has 7 nitrogen and oxygen atoms in total. The summed E-state index contributed by atoms with van der Waals surface area (Å²) in [6, 6.07) is 12.8. The van der Waals surface area contributed by atoms with Crippen LogP contribution in [0, 0.1) is 0 Å². The zero-order chi connectivity index (χ0) is 25.7. The van der Waals surface area contributed by atoms with E-state index in [1.807, 2.05) is 18.3 Å². The van der Waals surface area contributed by atoms with Crippen molar-refractivity contribution in [2.75, 3.05) is 44.6 Å². The number of benzene rings is 1. The van der Waals surface area contributed by atoms with Crippen molar-refractivity contribution < 1.29 is 4.79 Å². The molecule has 0 aliphatic carbocycles. The molecule has 1 aromatic carbocycles. The maximum atomic E-state index is 12.9. The molecule has 0 atom stereocenters. The average Bonchev–Trinajstić information content (AvgIpc) is 3.40. The Morgan fingerprint density at radius 1 is 1.08 bits per heavy atom. The van der Waals surface area contributed by atoms with Gasteiger partial charge >= 0.3 is 0 Å². The first-order valence-corrected chi connectivity index (χ1v) is 14.8. The zero-order valence-electron chi connectivity index (χ0n) is 21.8. The Bertz CT molecular complexity index is 1410. The third-order valence-electron chi connectivity index (χ3n) is 7.74. The first-order chi connectivity index (χ1) is 18.7. The molecule has 2 fully saturated rings. The number of amides is 1. The second-order valence-electron chi connectivity index (χ2n) is 10.5. The van der Waals surface area contributed by atoms with Crippen molar-refractivity contribution in [1.29, 1.82) is 0 Å². The molecular formula is C30H36N6OS. The molecule has 8 heteroatoms. The second-order valence-corrected chi connectivity index (χ2v) is 11.6. The van der Waals surface area contributed by atoms with Gasteiger partial charge in [0.1, 0.15) is 0 Å². The van der Waals surface area contributed by atoms with E-state index in [1.54, 1.807) is 17.5 Å². The fraction of sp³-hybridized carbons (Fsp3) is 0.433. The van der Waals surface area contributed by atoms with Crippen LogP contribution in [0.15, 0.2) is 48.8 Å². The number of anilines is 1. The van der Waals surface area contributed by atoms with Gasteiger partial charge in [-0.1, -0.05) is 18.6 Å². The van der Waals surface area contributed by atoms with Crippen molar-refractivity contribution in [3.05, 3.63) is 53.7 Å². The van der Waals surface area contributed by atoms with Gasteiger partial charge in [0.25, 0.3) is 5.91 Å². The number of hydrogen-bond acceptors (Lipinski definition) is 7. The van der Waals surface area contributed by atoms with E-state index in [4.69, 9.17) is 4.98 Å². The van der Waals surface area contributed by atoms with Crippen molar-refractivity contribution in [2.45, 2.75) is 44.6 Å². The smallest absolute Gasteiger partial charge is 0.261 e. The van der Waals surface area contributed by atoms with Crippen LogP contribution in [0.5, 0.6) is 0 Å². The molecule has 3 N–H and O–H groups in total. The number of hydrogen-bond donors (Lipinski definition) is 3. The summed E-state index contributed by atoms with van der Waals surface area (Å²) in [4.78, 5) is 25.6. The lowest BCUT2D eigenvalue weighted by molar-refractivity contribution is 0.0934. The summed E-state index contributed by atoms with van der Waals surface area (Å²) in [5.74, 6) is 0.0343. The van der Waals surface area contributed by atoms with Crippen molar-refractivity contribution in [1.82, 2.24) is 25.5 Å². The fourth-order valence-corrected chi connectivity index (χ4v) is 6.60. The number of rotatable bonds is 8. The van der Waals surface area contributed by atoms with Crippen LogP contribution in [0.2, 0.25) is 0 Å². The Kier molecular flexibility index (Phi) is 7.81. The van der Waals surface area contributed by atoms with Gasteiger partial charge in [-0.15, -0.1) is 11.3 Å². The summed E-state index contributed by atoms with van der Waals surface area (Å²) < 4.78 is 1.10. The van der Waals surface area contributed by atoms with Gasteiger partial charge in [-0.25, -0.2) is 4.98 Å². The molecule has 4 aromatic rings. The van der Waals surface area contributed by atoms with Crippen molar-refractivity contribution >= 4 is 43.9 Å². The molecule has 38 heavy (non-hydrogen) atoms. The number of piperidine rings is 2. The van der Waals surface area contributed by atoms with E-state index in [1.165, 1.54) is 32.4 Å². The van der Waals surface area contributed by atoms with Crippen LogP contribution in [-0.4, -0.2) is 66.1 Å². The van der Waals surface area contributed by atoms with Crippen LogP contribution in [-0.2, 0) is 0 Å². The minimum absolute atomic E-state index is 0.0343. The molecule has 2 aliphatic rings. The molecule has 0 radical (unpaired) electrons. The Balaban J connectivity index is 1.20. The normalized spacial score (nSPS) is 17.2. The highest BCUT2D eigenvalue weighted by Gasteiger charge is 2.18. The zero-order valence-corrected chi connectivity index (χ0v) is 22.7. The predicted octanol–water partition coefficient (Wildman–Crippen LogP) is 5.28. The average molecular weight is 529 g/mol. The van der Waals surface area contributed by atoms with Crippen LogP contribution in [0.3, 0.4) is 0 Å². The standard InChI is InChI=1S/C30H36N6OS/c37-30(34-23-7-11-31-12-8-23)29-18-22-6-5-21(17-28(22)38-29)26-19-27(24-20-32-13-9-25(24)35-26)33-10-4-16-36-14-2-1-3-15-36/h5-6,9,13,17-20,23,31H,1-4,7-8,10-12,14-16H2,(H,33,35)(H,34,37). The summed E-state index contributed by atoms with van der Waals surface area (Å²) in [5, 5.41) is 12.4. The van der Waals surface area contributed by atoms with E-state index in [0.717, 1.165) is 88.3 Å². The highest BCUT2D eigenvalue weighted by atomic mass is 32.1. The van der Waals surface area contributed by atoms with Gasteiger partial charge in [-0.3, -0.25) is 9.78 Å². The van der Waals surface area contributed by atoms with E-state index < -0.39 is 0 Å². The Labute approximate surface area is 228 Å². The first-order valence-electron chi connectivity index (χ1n) is 14.0. The summed E-state index contributed by atoms with van der Waals surface area (Å²) >= 11 is 1.56. The van der Waals surface area contributed by atoms with Crippen molar-refractivity contribution in [2.24, 2.45) is 0 Å². The van der Waals surface area contributed by atoms with E-state index in [-0.39, 0.29) is 11.9 Å². The second kappa shape index (κ2) is 11.8. The molecule has 0 spiro atoms. The highest BCUT2D eigenvalue weighted by Crippen LogP contribution is 2.33. The first kappa shape index (κ1) is 25.2. The number of pyridine rings is 2. The van der Waals surface area contributed by atoms with Crippen LogP contribution in [0.4, 0.5) is 5.69 Å². The van der Waals surface area contributed by atoms with Gasteiger partial charge in [0.2, 0.25) is 0 Å². The van der Waals surface area contributed by atoms with Crippen LogP contribution in [0.1, 0.15) is 48.2 Å². The third-order valence-corrected chi connectivity index (χ3v) is 8.84. The minimum Gasteiger partial charge on any atom is -0.384 e. The van der Waals surface area contributed by atoms with Gasteiger partial charge in [0, 0.05) is 46.3 Å². The maximum Gasteiger partial charge on any atom is 0.261 e. The number of nitrogens with one attached hydrogen (secondary N) is 3. The number of aromatic nitrogens is 2. The number of likely N-dealkylation sites (tertiary alicyclic amines) is 1. The third kappa shape index (κ3) is 5.82. The van der Waals surface area contributed by atoms with Gasteiger partial charge in [-0.2, -0.15) is 0 Å². The fourth-order valence-electron chi connectivity index (χ4n) is 5.60. The summed E-state index contributed by atoms with van der Waals surface area (Å²) in [7, 11) is 0. The van der Waals surface area contributed by atoms with Gasteiger partial charge in [0.05, 0.1) is 16.1 Å². The van der Waals surface area contributed by atoms with Crippen molar-refractivity contribution in [3.63, 3.8) is 0 Å². The summed E-state index contributed by atoms with van der Waals surface area (Å²) in [5.41, 5.74) is 3.99. The number of fused-ring (bicyclic) bond motifs is 2. The lowest BCUT2D eigenvalue weighted by Gasteiger charge is -2.26. The molecule has 2 saturated heterocycles. The maximum absolute atomic E-state index is 12.9. The topological polar surface area (TPSA) is 82.2 Å². The molecule has 2 aliphatic heterocycles. The molecule has 1 amide bonds. The Hall–Kier alpha value is -3.07. The largest absolute Gasteiger partial charge is 0.384 e. The quantitative estimate of drug-likeness (QED) is 0.270. The number of carbonyl (C=O) groups is 1. The van der Waals surface area contributed by atoms with E-state index >= 15 is 0 Å². The van der Waals surface area contributed by atoms with Gasteiger partial charge in [-0.05, 0) is 94.5 Å². The van der Waals surface area contributed by atoms with Crippen LogP contribution >= 0.6 is 11.3 Å². The number of thiophene rings is 1. The lowest BCUT2D eigenvalue weighted by Crippen LogP contribution is -2.42. The molecule has 198 valence electrons. The molecule has 0 saturated carbocycles. The van der Waals surface area contributed by atoms with Gasteiger partial charge < -0.3 is 20.9 Å². The monoisotopic (exact) mass is 528 g/mol. The minimum atomic E-state index is 0.0343. The predicted molar refractivity (Wildman–Crippen MR) is 157 cm³/mol. The Morgan fingerprint density at radius 3 is 2.82 bits per heavy atom. The molecule has 5 heterocycles. The van der Waals surface area contributed by atoms with Crippen LogP contribution < -0.4 is 16.0 Å². The summed E-state index contributed by atoms with van der Waals surface area (Å²) in [6.07, 6.45) is 10.8. The molecular weight excluding hydrogens is 492 g/mol. The van der Waals surface area contributed by atoms with E-state index in [2.05, 4.69) is 50.1 Å². The van der Waals surface area contributed by atoms with Gasteiger partial charge in [0.15, 0.2) is 0 Å². The molecule has 0 bridgehead atoms. The highest BCUT2D eigenvalue weighted by molar-refractivity contribution is 7.20. The van der Waals surface area contributed by atoms with Crippen molar-refractivity contribution in [3.8, 4) is 11.3 Å². The SMILES string of the molecule is O=C(NC1CCNCC1)c1cc2ccc(-c3cc(NCCCN4CCCCC4)c4cnccc4n3)cc2s1. The number of nitrogens with zero attached hydrogens (tertiary/aromatic N) is 3.